The summed E-state index contributed by atoms with van der Waals surface area (Å²) >= 11 is 0. The maximum Gasteiger partial charge on any atom is 0.239 e. The van der Waals surface area contributed by atoms with Crippen LogP contribution in [0.25, 0.3) is 0 Å². The normalized spacial score (nSPS) is 21.0. The summed E-state index contributed by atoms with van der Waals surface area (Å²) in [5, 5.41) is 0. The third-order valence-electron chi connectivity index (χ3n) is 3.80. The number of para-hydroxylation sites is 1. The highest BCUT2D eigenvalue weighted by Crippen LogP contribution is 2.21. The molecule has 19 heavy (non-hydrogen) atoms. The van der Waals surface area contributed by atoms with Gasteiger partial charge in [0.1, 0.15) is 0 Å². The Balaban J connectivity index is 2.03. The van der Waals surface area contributed by atoms with Crippen LogP contribution in [0.4, 0.5) is 5.69 Å². The average molecular weight is 261 g/mol. The van der Waals surface area contributed by atoms with Gasteiger partial charge in [-0.05, 0) is 31.9 Å². The molecule has 2 atom stereocenters. The number of nitrogens with zero attached hydrogens (tertiary/aromatic N) is 2. The number of carbonyl (C=O) groups is 1. The molecule has 1 aromatic carbocycles. The fraction of sp³-hybridized carbons (Fsp3) is 0.533. The van der Waals surface area contributed by atoms with Gasteiger partial charge in [-0.2, -0.15) is 0 Å². The van der Waals surface area contributed by atoms with Crippen LogP contribution in [0.1, 0.15) is 19.8 Å². The van der Waals surface area contributed by atoms with E-state index < -0.39 is 6.04 Å². The molecule has 1 aromatic rings. The van der Waals surface area contributed by atoms with Crippen molar-refractivity contribution in [2.75, 3.05) is 25.0 Å². The molecule has 4 heteroatoms. The molecule has 2 unspecified atom stereocenters. The van der Waals surface area contributed by atoms with E-state index in [1.165, 1.54) is 5.69 Å². The molecule has 4 nitrogen and oxygen atoms in total. The molecule has 1 aliphatic heterocycles. The van der Waals surface area contributed by atoms with E-state index in [-0.39, 0.29) is 11.9 Å². The minimum atomic E-state index is -0.419. The molecular weight excluding hydrogens is 238 g/mol. The SMILES string of the molecule is CC(N)C(=O)N(C)C1CCCN(c2ccccc2)C1. The second-order valence-electron chi connectivity index (χ2n) is 5.32. The molecule has 0 radical (unpaired) electrons. The Morgan fingerprint density at radius 3 is 2.74 bits per heavy atom. The Bertz CT molecular complexity index is 419. The maximum absolute atomic E-state index is 12.0. The number of carbonyl (C=O) groups excluding carboxylic acids is 1. The molecule has 0 spiro atoms. The standard InChI is InChI=1S/C15H23N3O/c1-12(16)15(19)17(2)14-9-6-10-18(11-14)13-7-4-3-5-8-13/h3-5,7-8,12,14H,6,9-11,16H2,1-2H3. The van der Waals surface area contributed by atoms with Crippen LogP contribution >= 0.6 is 0 Å². The predicted octanol–water partition coefficient (Wildman–Crippen LogP) is 1.46. The molecule has 1 amide bonds. The van der Waals surface area contributed by atoms with Crippen LogP contribution in [0, 0.1) is 0 Å². The van der Waals surface area contributed by atoms with Gasteiger partial charge in [-0.15, -0.1) is 0 Å². The number of hydrogen-bond acceptors (Lipinski definition) is 3. The van der Waals surface area contributed by atoms with Crippen molar-refractivity contribution in [2.45, 2.75) is 31.8 Å². The molecule has 2 N–H and O–H groups in total. The van der Waals surface area contributed by atoms with Crippen LogP contribution in [0.5, 0.6) is 0 Å². The number of hydrogen-bond donors (Lipinski definition) is 1. The Morgan fingerprint density at radius 2 is 2.11 bits per heavy atom. The first-order chi connectivity index (χ1) is 9.09. The molecule has 0 saturated carbocycles. The molecule has 0 aromatic heterocycles. The van der Waals surface area contributed by atoms with Gasteiger partial charge in [-0.25, -0.2) is 0 Å². The van der Waals surface area contributed by atoms with Gasteiger partial charge in [0.05, 0.1) is 6.04 Å². The van der Waals surface area contributed by atoms with Gasteiger partial charge in [-0.3, -0.25) is 4.79 Å². The maximum atomic E-state index is 12.0. The van der Waals surface area contributed by atoms with Gasteiger partial charge >= 0.3 is 0 Å². The molecule has 1 aliphatic rings. The lowest BCUT2D eigenvalue weighted by Crippen LogP contribution is -2.52. The zero-order valence-electron chi connectivity index (χ0n) is 11.7. The number of piperidine rings is 1. The lowest BCUT2D eigenvalue weighted by atomic mass is 10.0. The lowest BCUT2D eigenvalue weighted by molar-refractivity contribution is -0.133. The van der Waals surface area contributed by atoms with Crippen LogP contribution < -0.4 is 10.6 Å². The highest BCUT2D eigenvalue weighted by molar-refractivity contribution is 5.81. The van der Waals surface area contributed by atoms with Crippen molar-refractivity contribution in [1.82, 2.24) is 4.90 Å². The van der Waals surface area contributed by atoms with Crippen LogP contribution in [0.15, 0.2) is 30.3 Å². The molecule has 1 saturated heterocycles. The number of nitrogens with two attached hydrogens (primary N) is 1. The third-order valence-corrected chi connectivity index (χ3v) is 3.80. The van der Waals surface area contributed by atoms with E-state index in [4.69, 9.17) is 5.73 Å². The van der Waals surface area contributed by atoms with Gasteiger partial charge in [0, 0.05) is 31.9 Å². The number of amides is 1. The van der Waals surface area contributed by atoms with Crippen LogP contribution in [-0.2, 0) is 4.79 Å². The molecule has 0 aliphatic carbocycles. The van der Waals surface area contributed by atoms with Crippen molar-refractivity contribution in [3.8, 4) is 0 Å². The van der Waals surface area contributed by atoms with Gasteiger partial charge in [-0.1, -0.05) is 18.2 Å². The van der Waals surface area contributed by atoms with Crippen molar-refractivity contribution in [2.24, 2.45) is 5.73 Å². The zero-order chi connectivity index (χ0) is 13.8. The predicted molar refractivity (Wildman–Crippen MR) is 78.1 cm³/mol. The highest BCUT2D eigenvalue weighted by atomic mass is 16.2. The van der Waals surface area contributed by atoms with Crippen LogP contribution in [0.3, 0.4) is 0 Å². The molecule has 1 heterocycles. The zero-order valence-corrected chi connectivity index (χ0v) is 11.7. The Labute approximate surface area is 115 Å². The van der Waals surface area contributed by atoms with Crippen LogP contribution in [-0.4, -0.2) is 43.0 Å². The number of benzene rings is 1. The Morgan fingerprint density at radius 1 is 1.42 bits per heavy atom. The van der Waals surface area contributed by atoms with E-state index >= 15 is 0 Å². The lowest BCUT2D eigenvalue weighted by Gasteiger charge is -2.39. The fourth-order valence-corrected chi connectivity index (χ4v) is 2.65. The molecule has 104 valence electrons. The van der Waals surface area contributed by atoms with Gasteiger partial charge in [0.15, 0.2) is 0 Å². The first-order valence-electron chi connectivity index (χ1n) is 6.92. The van der Waals surface area contributed by atoms with Crippen molar-refractivity contribution in [3.05, 3.63) is 30.3 Å². The second-order valence-corrected chi connectivity index (χ2v) is 5.32. The van der Waals surface area contributed by atoms with Crippen molar-refractivity contribution >= 4 is 11.6 Å². The first-order valence-corrected chi connectivity index (χ1v) is 6.92. The molecule has 0 bridgehead atoms. The third kappa shape index (κ3) is 3.26. The Hall–Kier alpha value is -1.55. The van der Waals surface area contributed by atoms with Crippen molar-refractivity contribution in [3.63, 3.8) is 0 Å². The van der Waals surface area contributed by atoms with Crippen LogP contribution in [0.2, 0.25) is 0 Å². The van der Waals surface area contributed by atoms with E-state index in [1.54, 1.807) is 6.92 Å². The number of likely N-dealkylation sites (N-methyl/N-ethyl adjacent to an activating group) is 1. The summed E-state index contributed by atoms with van der Waals surface area (Å²) in [4.78, 5) is 16.1. The monoisotopic (exact) mass is 261 g/mol. The smallest absolute Gasteiger partial charge is 0.239 e. The van der Waals surface area contributed by atoms with E-state index in [0.29, 0.717) is 0 Å². The molecular formula is C15H23N3O. The summed E-state index contributed by atoms with van der Waals surface area (Å²) in [5.41, 5.74) is 6.91. The van der Waals surface area contributed by atoms with E-state index in [2.05, 4.69) is 29.2 Å². The van der Waals surface area contributed by atoms with E-state index in [1.807, 2.05) is 18.0 Å². The highest BCUT2D eigenvalue weighted by Gasteiger charge is 2.27. The van der Waals surface area contributed by atoms with Gasteiger partial charge < -0.3 is 15.5 Å². The largest absolute Gasteiger partial charge is 0.369 e. The van der Waals surface area contributed by atoms with E-state index in [9.17, 15) is 4.79 Å². The minimum absolute atomic E-state index is 0.0277. The first kappa shape index (κ1) is 13.9. The summed E-state index contributed by atoms with van der Waals surface area (Å²) in [7, 11) is 1.87. The number of rotatable bonds is 3. The average Bonchev–Trinajstić information content (AvgIpc) is 2.46. The molecule has 1 fully saturated rings. The summed E-state index contributed by atoms with van der Waals surface area (Å²) in [5.74, 6) is 0.0277. The van der Waals surface area contributed by atoms with Crippen molar-refractivity contribution in [1.29, 1.82) is 0 Å². The topological polar surface area (TPSA) is 49.6 Å². The van der Waals surface area contributed by atoms with Gasteiger partial charge in [0.2, 0.25) is 5.91 Å². The summed E-state index contributed by atoms with van der Waals surface area (Å²) < 4.78 is 0. The second kappa shape index (κ2) is 6.06. The van der Waals surface area contributed by atoms with Crippen molar-refractivity contribution < 1.29 is 4.79 Å². The number of anilines is 1. The Kier molecular flexibility index (Phi) is 4.43. The van der Waals surface area contributed by atoms with E-state index in [0.717, 1.165) is 25.9 Å². The summed E-state index contributed by atoms with van der Waals surface area (Å²) in [6, 6.07) is 10.2. The summed E-state index contributed by atoms with van der Waals surface area (Å²) in [6.45, 7) is 3.69. The fourth-order valence-electron chi connectivity index (χ4n) is 2.65. The minimum Gasteiger partial charge on any atom is -0.369 e. The molecule has 2 rings (SSSR count). The quantitative estimate of drug-likeness (QED) is 0.896. The van der Waals surface area contributed by atoms with Gasteiger partial charge in [0.25, 0.3) is 0 Å². The summed E-state index contributed by atoms with van der Waals surface area (Å²) in [6.07, 6.45) is 2.16.